The molecular weight excluding hydrogens is 374 g/mol. The van der Waals surface area contributed by atoms with Crippen LogP contribution in [0.2, 0.25) is 0 Å². The van der Waals surface area contributed by atoms with Gasteiger partial charge in [-0.05, 0) is 32.1 Å². The molecule has 0 aromatic heterocycles. The second-order valence-corrected chi connectivity index (χ2v) is 8.95. The summed E-state index contributed by atoms with van der Waals surface area (Å²) in [4.78, 5) is 9.26. The van der Waals surface area contributed by atoms with Gasteiger partial charge in [0.05, 0.1) is 6.04 Å². The maximum atomic E-state index is 9.71. The number of hydrogen-bond donors (Lipinski definition) is 2. The maximum Gasteiger partial charge on any atom is 0.184 e. The van der Waals surface area contributed by atoms with Crippen molar-refractivity contribution in [1.29, 1.82) is 0 Å². The van der Waals surface area contributed by atoms with Crippen LogP contribution in [-0.2, 0) is 4.79 Å². The zero-order chi connectivity index (χ0) is 22.9. The summed E-state index contributed by atoms with van der Waals surface area (Å²) in [6.45, 7) is 8.01. The van der Waals surface area contributed by atoms with Crippen LogP contribution in [0, 0.1) is 0 Å². The summed E-state index contributed by atoms with van der Waals surface area (Å²) in [6, 6.07) is 0.639. The Morgan fingerprint density at radius 1 is 0.700 bits per heavy atom. The Balaban J connectivity index is 0. The normalized spacial score (nSPS) is 11.9. The number of nitrogens with two attached hydrogens (primary N) is 1. The van der Waals surface area contributed by atoms with Gasteiger partial charge >= 0.3 is 0 Å². The second kappa shape index (κ2) is 26.4. The summed E-state index contributed by atoms with van der Waals surface area (Å²) < 4.78 is 0. The van der Waals surface area contributed by atoms with Crippen LogP contribution in [0.4, 0.5) is 0 Å². The summed E-state index contributed by atoms with van der Waals surface area (Å²) in [5.41, 5.74) is 0. The van der Waals surface area contributed by atoms with E-state index in [1.807, 2.05) is 6.92 Å². The lowest BCUT2D eigenvalue weighted by Gasteiger charge is -2.17. The molecule has 0 radical (unpaired) electrons. The molecule has 182 valence electrons. The molecule has 0 spiro atoms. The summed E-state index contributed by atoms with van der Waals surface area (Å²) in [7, 11) is 0. The lowest BCUT2D eigenvalue weighted by molar-refractivity contribution is -0.751. The van der Waals surface area contributed by atoms with E-state index < -0.39 is 5.97 Å². The highest BCUT2D eigenvalue weighted by molar-refractivity contribution is 5.63. The largest absolute Gasteiger partial charge is 0.550 e. The van der Waals surface area contributed by atoms with Gasteiger partial charge in [-0.1, -0.05) is 111 Å². The molecule has 3 N–H and O–H groups in total. The third-order valence-corrected chi connectivity index (χ3v) is 5.70. The number of aliphatic hydroxyl groups excluding tert-OH is 1. The highest BCUT2D eigenvalue weighted by atomic mass is 16.4. The highest BCUT2D eigenvalue weighted by Crippen LogP contribution is 2.14. The van der Waals surface area contributed by atoms with Crippen LogP contribution in [0.15, 0.2) is 0 Å². The smallest absolute Gasteiger partial charge is 0.184 e. The molecule has 0 aromatic rings. The Hall–Kier alpha value is -0.610. The standard InChI is InChI=1S/C23H49NO.C3H6O2/c1-4-6-8-10-12-14-16-18-20-23(24-22(3)25)21-19-17-15-13-11-9-7-5-2;1-2-3(4)5/h22-25H,4-21H2,1-3H3;2H2,1H3,(H,4,5). The van der Waals surface area contributed by atoms with E-state index in [2.05, 4.69) is 19.2 Å². The van der Waals surface area contributed by atoms with Crippen LogP contribution >= 0.6 is 0 Å². The van der Waals surface area contributed by atoms with E-state index in [4.69, 9.17) is 0 Å². The molecule has 0 aliphatic rings. The van der Waals surface area contributed by atoms with Gasteiger partial charge in [0.1, 0.15) is 0 Å². The van der Waals surface area contributed by atoms with Gasteiger partial charge in [-0.3, -0.25) is 0 Å². The molecule has 1 unspecified atom stereocenters. The van der Waals surface area contributed by atoms with Crippen molar-refractivity contribution >= 4 is 5.97 Å². The minimum absolute atomic E-state index is 0.111. The van der Waals surface area contributed by atoms with Gasteiger partial charge in [-0.15, -0.1) is 0 Å². The first kappa shape index (κ1) is 31.6. The van der Waals surface area contributed by atoms with Crippen LogP contribution in [0.1, 0.15) is 150 Å². The number of unbranched alkanes of at least 4 members (excludes halogenated alkanes) is 14. The van der Waals surface area contributed by atoms with E-state index in [1.165, 1.54) is 122 Å². The number of carboxylic acid groups (broad SMARTS) is 1. The third-order valence-electron chi connectivity index (χ3n) is 5.70. The monoisotopic (exact) mass is 429 g/mol. The average molecular weight is 430 g/mol. The van der Waals surface area contributed by atoms with Gasteiger partial charge in [-0.25, -0.2) is 0 Å². The molecule has 0 heterocycles. The molecule has 4 nitrogen and oxygen atoms in total. The van der Waals surface area contributed by atoms with Crippen molar-refractivity contribution in [3.63, 3.8) is 0 Å². The van der Waals surface area contributed by atoms with Crippen LogP contribution in [0.5, 0.6) is 0 Å². The summed E-state index contributed by atoms with van der Waals surface area (Å²) in [5, 5.41) is 21.2. The zero-order valence-electron chi connectivity index (χ0n) is 20.9. The number of aliphatic carboxylic acids is 1. The third kappa shape index (κ3) is 29.6. The SMILES string of the molecule is CCC(=O)[O-].CCCCCCCCCCC(CCCCCCCCCC)[NH2+]C(C)O. The molecule has 0 bridgehead atoms. The molecule has 4 heteroatoms. The van der Waals surface area contributed by atoms with Crippen LogP contribution < -0.4 is 10.4 Å². The van der Waals surface area contributed by atoms with E-state index >= 15 is 0 Å². The Morgan fingerprint density at radius 3 is 1.27 bits per heavy atom. The summed E-state index contributed by atoms with van der Waals surface area (Å²) in [5.74, 6) is -0.995. The topological polar surface area (TPSA) is 77.0 Å². The van der Waals surface area contributed by atoms with Crippen molar-refractivity contribution in [2.45, 2.75) is 162 Å². The molecule has 0 saturated heterocycles. The van der Waals surface area contributed by atoms with E-state index in [1.54, 1.807) is 0 Å². The van der Waals surface area contributed by atoms with Gasteiger partial charge in [-0.2, -0.15) is 0 Å². The van der Waals surface area contributed by atoms with Gasteiger partial charge < -0.3 is 20.3 Å². The molecular formula is C26H55NO3. The van der Waals surface area contributed by atoms with Crippen molar-refractivity contribution in [1.82, 2.24) is 0 Å². The summed E-state index contributed by atoms with van der Waals surface area (Å²) in [6.07, 6.45) is 24.8. The minimum Gasteiger partial charge on any atom is -0.550 e. The van der Waals surface area contributed by atoms with E-state index in [0.717, 1.165) is 0 Å². The lowest BCUT2D eigenvalue weighted by atomic mass is 9.99. The first-order valence-corrected chi connectivity index (χ1v) is 13.2. The molecule has 0 aliphatic heterocycles. The van der Waals surface area contributed by atoms with Gasteiger partial charge in [0.25, 0.3) is 0 Å². The number of hydrogen-bond acceptors (Lipinski definition) is 3. The molecule has 1 atom stereocenters. The number of carbonyl (C=O) groups excluding carboxylic acids is 1. The van der Waals surface area contributed by atoms with E-state index in [9.17, 15) is 15.0 Å². The fourth-order valence-corrected chi connectivity index (χ4v) is 3.81. The fraction of sp³-hybridized carbons (Fsp3) is 0.962. The Morgan fingerprint density at radius 2 is 1.00 bits per heavy atom. The molecule has 0 aromatic carbocycles. The molecule has 30 heavy (non-hydrogen) atoms. The van der Waals surface area contributed by atoms with Crippen molar-refractivity contribution < 1.29 is 20.3 Å². The molecule has 0 saturated carbocycles. The van der Waals surface area contributed by atoms with Crippen LogP contribution in [0.3, 0.4) is 0 Å². The Kier molecular flexibility index (Phi) is 27.8. The van der Waals surface area contributed by atoms with Gasteiger partial charge in [0.15, 0.2) is 6.23 Å². The number of carboxylic acids is 1. The number of rotatable bonds is 21. The van der Waals surface area contributed by atoms with Crippen molar-refractivity contribution in [2.75, 3.05) is 0 Å². The van der Waals surface area contributed by atoms with Crippen LogP contribution in [-0.4, -0.2) is 23.3 Å². The van der Waals surface area contributed by atoms with Gasteiger partial charge in [0.2, 0.25) is 0 Å². The quantitative estimate of drug-likeness (QED) is 0.188. The first-order valence-electron chi connectivity index (χ1n) is 13.2. The number of carbonyl (C=O) groups is 1. The first-order chi connectivity index (χ1) is 14.5. The van der Waals surface area contributed by atoms with Crippen LogP contribution in [0.25, 0.3) is 0 Å². The minimum atomic E-state index is -0.995. The molecule has 0 amide bonds. The zero-order valence-corrected chi connectivity index (χ0v) is 20.9. The van der Waals surface area contributed by atoms with Crippen molar-refractivity contribution in [2.24, 2.45) is 0 Å². The second-order valence-electron chi connectivity index (χ2n) is 8.95. The van der Waals surface area contributed by atoms with Crippen molar-refractivity contribution in [3.8, 4) is 0 Å². The Labute approximate surface area is 188 Å². The fourth-order valence-electron chi connectivity index (χ4n) is 3.81. The lowest BCUT2D eigenvalue weighted by Crippen LogP contribution is -2.94. The maximum absolute atomic E-state index is 9.71. The van der Waals surface area contributed by atoms with E-state index in [-0.39, 0.29) is 12.6 Å². The van der Waals surface area contributed by atoms with E-state index in [0.29, 0.717) is 6.04 Å². The van der Waals surface area contributed by atoms with Crippen molar-refractivity contribution in [3.05, 3.63) is 0 Å². The predicted octanol–water partition coefficient (Wildman–Crippen LogP) is 5.46. The predicted molar refractivity (Wildman–Crippen MR) is 127 cm³/mol. The molecule has 0 fully saturated rings. The molecule has 0 aliphatic carbocycles. The average Bonchev–Trinajstić information content (AvgIpc) is 2.71. The summed E-state index contributed by atoms with van der Waals surface area (Å²) >= 11 is 0. The highest BCUT2D eigenvalue weighted by Gasteiger charge is 2.13. The van der Waals surface area contributed by atoms with Gasteiger partial charge in [0, 0.05) is 12.9 Å². The number of quaternary nitrogens is 1. The Bertz CT molecular complexity index is 314. The number of aliphatic hydroxyl groups is 1. The molecule has 0 rings (SSSR count).